The average molecular weight is 460 g/mol. The van der Waals surface area contributed by atoms with Gasteiger partial charge in [0.05, 0.1) is 0 Å². The molecule has 1 atom stereocenters. The van der Waals surface area contributed by atoms with E-state index in [2.05, 4.69) is 39.5 Å². The van der Waals surface area contributed by atoms with Crippen LogP contribution in [0.15, 0.2) is 67.3 Å². The molecule has 2 aromatic carbocycles. The van der Waals surface area contributed by atoms with E-state index in [1.165, 1.54) is 6.07 Å². The molecule has 1 aromatic heterocycles. The van der Waals surface area contributed by atoms with Crippen LogP contribution in [0.3, 0.4) is 0 Å². The number of aromatic nitrogens is 2. The Labute approximate surface area is 195 Å². The van der Waals surface area contributed by atoms with Gasteiger partial charge in [-0.05, 0) is 35.1 Å². The lowest BCUT2D eigenvalue weighted by Crippen LogP contribution is -2.40. The number of rotatable bonds is 9. The van der Waals surface area contributed by atoms with Crippen molar-refractivity contribution in [2.24, 2.45) is 0 Å². The molecule has 1 aliphatic carbocycles. The molecular formula is C25H24N4O5. The summed E-state index contributed by atoms with van der Waals surface area (Å²) >= 11 is 0. The quantitative estimate of drug-likeness (QED) is 0.358. The van der Waals surface area contributed by atoms with E-state index in [9.17, 15) is 19.5 Å². The second kappa shape index (κ2) is 10.0. The summed E-state index contributed by atoms with van der Waals surface area (Å²) in [6.07, 6.45) is 1.52. The van der Waals surface area contributed by atoms with Crippen LogP contribution < -0.4 is 10.6 Å². The molecule has 1 aliphatic rings. The highest BCUT2D eigenvalue weighted by atomic mass is 16.5. The van der Waals surface area contributed by atoms with E-state index in [-0.39, 0.29) is 30.5 Å². The summed E-state index contributed by atoms with van der Waals surface area (Å²) in [4.78, 5) is 36.0. The first-order chi connectivity index (χ1) is 16.5. The van der Waals surface area contributed by atoms with E-state index in [0.29, 0.717) is 6.42 Å². The van der Waals surface area contributed by atoms with Crippen molar-refractivity contribution in [3.05, 3.63) is 84.1 Å². The SMILES string of the molecule is C=CCCC(NC(=O)c1cc(NC(=O)OCC2c3ccccc3-c3ccccc32)n[nH]1)C(=O)O. The number of carbonyl (C=O) groups is 3. The summed E-state index contributed by atoms with van der Waals surface area (Å²) in [7, 11) is 0. The molecule has 0 aliphatic heterocycles. The van der Waals surface area contributed by atoms with E-state index < -0.39 is 24.0 Å². The molecule has 0 saturated heterocycles. The fourth-order valence-electron chi connectivity index (χ4n) is 4.02. The minimum absolute atomic E-state index is 0.0128. The Hall–Kier alpha value is -4.40. The van der Waals surface area contributed by atoms with Crippen LogP contribution in [0.2, 0.25) is 0 Å². The number of carbonyl (C=O) groups excluding carboxylic acids is 2. The third-order valence-electron chi connectivity index (χ3n) is 5.66. The maximum Gasteiger partial charge on any atom is 0.412 e. The highest BCUT2D eigenvalue weighted by molar-refractivity contribution is 5.96. The van der Waals surface area contributed by atoms with Crippen LogP contribution in [0.4, 0.5) is 10.6 Å². The van der Waals surface area contributed by atoms with Crippen LogP contribution >= 0.6 is 0 Å². The number of allylic oxidation sites excluding steroid dienone is 1. The lowest BCUT2D eigenvalue weighted by Gasteiger charge is -2.14. The van der Waals surface area contributed by atoms with Crippen molar-refractivity contribution < 1.29 is 24.2 Å². The number of anilines is 1. The topological polar surface area (TPSA) is 133 Å². The first kappa shape index (κ1) is 22.8. The Morgan fingerprint density at radius 2 is 1.76 bits per heavy atom. The number of carboxylic acids is 1. The minimum atomic E-state index is -1.15. The number of fused-ring (bicyclic) bond motifs is 3. The summed E-state index contributed by atoms with van der Waals surface area (Å²) in [6.45, 7) is 3.69. The molecule has 1 unspecified atom stereocenters. The van der Waals surface area contributed by atoms with Gasteiger partial charge in [0.25, 0.3) is 5.91 Å². The van der Waals surface area contributed by atoms with E-state index in [1.54, 1.807) is 6.08 Å². The van der Waals surface area contributed by atoms with Crippen LogP contribution in [-0.4, -0.2) is 45.9 Å². The molecule has 3 aromatic rings. The molecular weight excluding hydrogens is 436 g/mol. The Morgan fingerprint density at radius 1 is 1.12 bits per heavy atom. The van der Waals surface area contributed by atoms with Gasteiger partial charge in [0.2, 0.25) is 0 Å². The largest absolute Gasteiger partial charge is 0.480 e. The second-order valence-electron chi connectivity index (χ2n) is 7.85. The zero-order valence-corrected chi connectivity index (χ0v) is 18.3. The van der Waals surface area contributed by atoms with Crippen LogP contribution in [0.1, 0.15) is 40.4 Å². The van der Waals surface area contributed by atoms with Crippen molar-refractivity contribution in [3.8, 4) is 11.1 Å². The number of carboxylic acid groups (broad SMARTS) is 1. The van der Waals surface area contributed by atoms with E-state index in [4.69, 9.17) is 4.74 Å². The Morgan fingerprint density at radius 3 is 2.38 bits per heavy atom. The zero-order valence-electron chi connectivity index (χ0n) is 18.3. The number of aromatic amines is 1. The van der Waals surface area contributed by atoms with Crippen molar-refractivity contribution in [2.75, 3.05) is 11.9 Å². The molecule has 0 bridgehead atoms. The van der Waals surface area contributed by atoms with Gasteiger partial charge in [-0.15, -0.1) is 6.58 Å². The number of benzene rings is 2. The van der Waals surface area contributed by atoms with Gasteiger partial charge in [-0.1, -0.05) is 54.6 Å². The Balaban J connectivity index is 1.35. The van der Waals surface area contributed by atoms with Crippen molar-refractivity contribution in [2.45, 2.75) is 24.8 Å². The van der Waals surface area contributed by atoms with Gasteiger partial charge in [0.1, 0.15) is 18.3 Å². The number of nitrogens with zero attached hydrogens (tertiary/aromatic N) is 1. The monoisotopic (exact) mass is 460 g/mol. The van der Waals surface area contributed by atoms with Crippen molar-refractivity contribution in [3.63, 3.8) is 0 Å². The normalized spacial score (nSPS) is 12.8. The molecule has 174 valence electrons. The summed E-state index contributed by atoms with van der Waals surface area (Å²) in [5.41, 5.74) is 4.46. The second-order valence-corrected chi connectivity index (χ2v) is 7.85. The highest BCUT2D eigenvalue weighted by Gasteiger charge is 2.29. The van der Waals surface area contributed by atoms with Crippen LogP contribution in [0.25, 0.3) is 11.1 Å². The van der Waals surface area contributed by atoms with Gasteiger partial charge in [-0.25, -0.2) is 9.59 Å². The third-order valence-corrected chi connectivity index (χ3v) is 5.66. The number of nitrogens with one attached hydrogen (secondary N) is 3. The van der Waals surface area contributed by atoms with Gasteiger partial charge in [-0.3, -0.25) is 15.2 Å². The van der Waals surface area contributed by atoms with Gasteiger partial charge < -0.3 is 15.2 Å². The third kappa shape index (κ3) is 4.83. The molecule has 9 heteroatoms. The molecule has 2 amide bonds. The number of hydrogen-bond donors (Lipinski definition) is 4. The highest BCUT2D eigenvalue weighted by Crippen LogP contribution is 2.44. The maximum atomic E-state index is 12.4. The number of H-pyrrole nitrogens is 1. The summed E-state index contributed by atoms with van der Waals surface area (Å²) in [5.74, 6) is -1.79. The fraction of sp³-hybridized carbons (Fsp3) is 0.200. The first-order valence-electron chi connectivity index (χ1n) is 10.8. The molecule has 0 spiro atoms. The zero-order chi connectivity index (χ0) is 24.1. The predicted octanol–water partition coefficient (Wildman–Crippen LogP) is 3.92. The van der Waals surface area contributed by atoms with E-state index in [0.717, 1.165) is 22.3 Å². The molecule has 4 rings (SSSR count). The van der Waals surface area contributed by atoms with E-state index >= 15 is 0 Å². The number of ether oxygens (including phenoxy) is 1. The van der Waals surface area contributed by atoms with Crippen LogP contribution in [0.5, 0.6) is 0 Å². The molecule has 34 heavy (non-hydrogen) atoms. The predicted molar refractivity (Wildman–Crippen MR) is 126 cm³/mol. The summed E-state index contributed by atoms with van der Waals surface area (Å²) < 4.78 is 5.46. The number of amides is 2. The fourth-order valence-corrected chi connectivity index (χ4v) is 4.02. The molecule has 9 nitrogen and oxygen atoms in total. The number of hydrogen-bond acceptors (Lipinski definition) is 5. The molecule has 0 radical (unpaired) electrons. The molecule has 1 heterocycles. The van der Waals surface area contributed by atoms with Crippen molar-refractivity contribution in [1.29, 1.82) is 0 Å². The Kier molecular flexibility index (Phi) is 6.72. The van der Waals surface area contributed by atoms with E-state index in [1.807, 2.05) is 36.4 Å². The molecule has 4 N–H and O–H groups in total. The number of aliphatic carboxylic acids is 1. The average Bonchev–Trinajstić information content (AvgIpc) is 3.43. The van der Waals surface area contributed by atoms with Crippen LogP contribution in [-0.2, 0) is 9.53 Å². The summed E-state index contributed by atoms with van der Waals surface area (Å²) in [6, 6.07) is 16.3. The van der Waals surface area contributed by atoms with Gasteiger partial charge in [-0.2, -0.15) is 5.10 Å². The smallest absolute Gasteiger partial charge is 0.412 e. The van der Waals surface area contributed by atoms with Gasteiger partial charge in [0.15, 0.2) is 5.82 Å². The van der Waals surface area contributed by atoms with Gasteiger partial charge >= 0.3 is 12.1 Å². The molecule has 0 fully saturated rings. The minimum Gasteiger partial charge on any atom is -0.480 e. The van der Waals surface area contributed by atoms with Gasteiger partial charge in [0, 0.05) is 12.0 Å². The lowest BCUT2D eigenvalue weighted by atomic mass is 9.98. The Bertz CT molecular complexity index is 1190. The van der Waals surface area contributed by atoms with Crippen LogP contribution in [0, 0.1) is 0 Å². The molecule has 0 saturated carbocycles. The maximum absolute atomic E-state index is 12.4. The van der Waals surface area contributed by atoms with Crippen molar-refractivity contribution >= 4 is 23.8 Å². The standard InChI is InChI=1S/C25H24N4O5/c1-2-3-12-20(24(31)32)26-23(30)21-13-22(29-28-21)27-25(33)34-14-19-17-10-6-4-8-15(17)16-9-5-7-11-18(16)19/h2,4-11,13,19-20H,1,3,12,14H2,(H,26,30)(H,31,32)(H2,27,28,29,33). The first-order valence-corrected chi connectivity index (χ1v) is 10.8. The van der Waals surface area contributed by atoms with Crippen molar-refractivity contribution in [1.82, 2.24) is 15.5 Å². The summed E-state index contributed by atoms with van der Waals surface area (Å²) in [5, 5.41) is 20.5. The lowest BCUT2D eigenvalue weighted by molar-refractivity contribution is -0.139.